The van der Waals surface area contributed by atoms with E-state index < -0.39 is 0 Å². The van der Waals surface area contributed by atoms with Crippen LogP contribution in [0, 0.1) is 12.1 Å². The molecule has 12 heteroatoms. The average Bonchev–Trinajstić information content (AvgIpc) is 1.57. The van der Waals surface area contributed by atoms with E-state index in [-0.39, 0.29) is 91.5 Å². The second-order valence-corrected chi connectivity index (χ2v) is 42.5. The minimum absolute atomic E-state index is 0. The summed E-state index contributed by atoms with van der Waals surface area (Å²) in [6, 6.07) is 104. The van der Waals surface area contributed by atoms with Crippen molar-refractivity contribution >= 4 is 87.5 Å². The Hall–Kier alpha value is -12.6. The molecule has 0 aliphatic rings. The molecule has 0 aliphatic heterocycles. The van der Waals surface area contributed by atoms with Crippen molar-refractivity contribution in [2.75, 3.05) is 0 Å². The Morgan fingerprint density at radius 3 is 1.07 bits per heavy atom. The number of rotatable bonds is 10. The van der Waals surface area contributed by atoms with E-state index in [1.54, 1.807) is 0 Å². The summed E-state index contributed by atoms with van der Waals surface area (Å²) in [4.78, 5) is 21.2. The van der Waals surface area contributed by atoms with Crippen molar-refractivity contribution in [3.05, 3.63) is 336 Å². The number of phenols is 2. The van der Waals surface area contributed by atoms with E-state index in [0.29, 0.717) is 22.8 Å². The summed E-state index contributed by atoms with van der Waals surface area (Å²) < 4.78 is 17.4. The first kappa shape index (κ1) is 91.3. The molecule has 20 rings (SSSR count). The second-order valence-electron chi connectivity index (χ2n) is 42.5. The van der Waals surface area contributed by atoms with Gasteiger partial charge >= 0.3 is 0 Å². The molecule has 0 saturated heterocycles. The van der Waals surface area contributed by atoms with E-state index in [0.717, 1.165) is 194 Å². The molecule has 0 fully saturated rings. The van der Waals surface area contributed by atoms with Crippen LogP contribution in [0.1, 0.15) is 184 Å². The van der Waals surface area contributed by atoms with Gasteiger partial charge < -0.3 is 19.0 Å². The number of benzene rings is 14. The molecule has 0 unspecified atom stereocenters. The third kappa shape index (κ3) is 16.8. The maximum Gasteiger partial charge on any atom is 0.152 e. The van der Waals surface area contributed by atoms with Gasteiger partial charge in [-0.15, -0.1) is 59.2 Å². The molecule has 0 spiro atoms. The molecule has 14 aromatic carbocycles. The molecule has 132 heavy (non-hydrogen) atoms. The number of pyridine rings is 2. The first-order valence-electron chi connectivity index (χ1n) is 45.4. The predicted octanol–water partition coefficient (Wildman–Crippen LogP) is 32.4. The third-order valence-corrected chi connectivity index (χ3v) is 26.0. The number of para-hydroxylation sites is 2. The van der Waals surface area contributed by atoms with Gasteiger partial charge in [-0.1, -0.05) is 350 Å². The van der Waals surface area contributed by atoms with Gasteiger partial charge in [0.1, 0.15) is 34.3 Å². The predicted molar refractivity (Wildman–Crippen MR) is 543 cm³/mol. The number of aromatic hydroxyl groups is 2. The van der Waals surface area contributed by atoms with Gasteiger partial charge in [0, 0.05) is 108 Å². The number of aromatic nitrogens is 6. The van der Waals surface area contributed by atoms with Crippen LogP contribution < -0.4 is 0 Å². The van der Waals surface area contributed by atoms with Gasteiger partial charge in [0.05, 0.1) is 57.0 Å². The maximum atomic E-state index is 12.6. The normalized spacial score (nSPS) is 12.5. The molecule has 0 atom stereocenters. The molecular formula is C120H112N6O4Pt2-2. The van der Waals surface area contributed by atoms with E-state index in [9.17, 15) is 10.2 Å². The zero-order chi connectivity index (χ0) is 91.4. The Morgan fingerprint density at radius 1 is 0.280 bits per heavy atom. The smallest absolute Gasteiger partial charge is 0.152 e. The molecular weight excluding hydrogens is 1980 g/mol. The van der Waals surface area contributed by atoms with E-state index >= 15 is 0 Å². The topological polar surface area (TPSA) is 128 Å². The quantitative estimate of drug-likeness (QED) is 0.130. The molecule has 0 amide bonds. The summed E-state index contributed by atoms with van der Waals surface area (Å²) in [7, 11) is 0. The summed E-state index contributed by atoms with van der Waals surface area (Å²) in [5.41, 5.74) is 27.9. The van der Waals surface area contributed by atoms with E-state index in [2.05, 4.69) is 434 Å². The number of imidazole rings is 2. The fourth-order valence-corrected chi connectivity index (χ4v) is 18.4. The minimum atomic E-state index is -0.335. The Bertz CT molecular complexity index is 7910. The zero-order valence-electron chi connectivity index (χ0n) is 79.2. The van der Waals surface area contributed by atoms with Crippen LogP contribution in [-0.2, 0) is 80.0 Å². The van der Waals surface area contributed by atoms with Gasteiger partial charge in [-0.2, -0.15) is 0 Å². The molecule has 6 heterocycles. The summed E-state index contributed by atoms with van der Waals surface area (Å²) in [6.45, 7) is 46.6. The molecule has 0 aliphatic carbocycles. The van der Waals surface area contributed by atoms with Crippen LogP contribution in [0.15, 0.2) is 294 Å². The molecule has 668 valence electrons. The fourth-order valence-electron chi connectivity index (χ4n) is 18.4. The van der Waals surface area contributed by atoms with Gasteiger partial charge in [0.15, 0.2) is 11.2 Å². The van der Waals surface area contributed by atoms with Crippen molar-refractivity contribution in [3.63, 3.8) is 0 Å². The van der Waals surface area contributed by atoms with Crippen molar-refractivity contribution < 1.29 is 61.2 Å². The first-order valence-corrected chi connectivity index (χ1v) is 45.4. The van der Waals surface area contributed by atoms with Crippen LogP contribution in [0.25, 0.3) is 189 Å². The summed E-state index contributed by atoms with van der Waals surface area (Å²) in [5, 5.41) is 33.6. The van der Waals surface area contributed by atoms with Crippen molar-refractivity contribution in [1.29, 1.82) is 0 Å². The fraction of sp³-hybridized carbons (Fsp3) is 0.233. The van der Waals surface area contributed by atoms with Crippen LogP contribution in [0.4, 0.5) is 0 Å². The second kappa shape index (κ2) is 33.9. The van der Waals surface area contributed by atoms with Crippen molar-refractivity contribution in [1.82, 2.24) is 29.1 Å². The zero-order valence-corrected chi connectivity index (χ0v) is 83.7. The molecule has 0 saturated carbocycles. The number of phenolic OH excluding ortho intramolecular Hbond substituents is 2. The molecule has 0 radical (unpaired) electrons. The molecule has 0 bridgehead atoms. The van der Waals surface area contributed by atoms with Crippen LogP contribution in [-0.4, -0.2) is 39.3 Å². The standard InChI is InChI=1S/C62H60N3O2.C58H52N3O2.2Pt/c1-59(2,3)41-26-28-52(47(32-41)37-19-14-13-15-20-37)65-53-24-18-23-44(55(53)64-58(65)49-33-43(61(7,8)9)34-50(56(49)66)62(10,11)12)39-29-40(31-42(30-39)60(4,5)6)51-35-48-46-27-25-38-21-16-17-22-45(38)57(46)67-54(48)36-63-51;1-56(2,3)39-26-28-49(44(30-39)35-17-11-10-12-18-35)61-50-24-16-23-41(52(50)60-55(61)46-31-40(57(4,5)6)32-47(53(46)62)58(7,8)9)37-20-15-21-38(29-37)48-33-45-43-27-25-36-19-13-14-22-42(36)54(43)63-51(45)34-59-48;;/h13-28,30-36,66H,1-12H3;10-28,30-34,62H,1-9H3;;/q2*-1;;. The van der Waals surface area contributed by atoms with Crippen molar-refractivity contribution in [2.45, 2.75) is 183 Å². The SMILES string of the molecule is CC(C)(C)c1cc(-c2cc3c(cn2)oc2c4ccccc4ccc32)[c-]c(-c2cccc3c2nc(-c2cc(C(C)(C)C)cc(C(C)(C)C)c2O)n3-c2ccc(C(C)(C)C)cc2-c2ccccc2)c1.CC(C)(C)c1ccc(-n2c(-c3cc(C(C)(C)C)cc(C(C)(C)C)c3O)nc3c(-c4[c-]c(-c5cc6c(cn5)oc5c7ccccc7ccc65)ccc4)cccc32)c(-c2ccccc2)c1.[Pt].[Pt]. The number of furan rings is 2. The Balaban J connectivity index is 0.000000182. The summed E-state index contributed by atoms with van der Waals surface area (Å²) >= 11 is 0. The largest absolute Gasteiger partial charge is 0.507 e. The van der Waals surface area contributed by atoms with Crippen LogP contribution in [0.3, 0.4) is 0 Å². The van der Waals surface area contributed by atoms with Crippen molar-refractivity contribution in [3.8, 4) is 113 Å². The van der Waals surface area contributed by atoms with Crippen molar-refractivity contribution in [2.24, 2.45) is 0 Å². The third-order valence-electron chi connectivity index (χ3n) is 26.0. The Morgan fingerprint density at radius 2 is 0.644 bits per heavy atom. The number of hydrogen-bond acceptors (Lipinski definition) is 8. The van der Waals surface area contributed by atoms with Gasteiger partial charge in [0.25, 0.3) is 0 Å². The van der Waals surface area contributed by atoms with Crippen LogP contribution in [0.5, 0.6) is 11.5 Å². The molecule has 20 aromatic rings. The Kier molecular flexibility index (Phi) is 23.5. The Labute approximate surface area is 803 Å². The molecule has 10 nitrogen and oxygen atoms in total. The summed E-state index contributed by atoms with van der Waals surface area (Å²) in [6.07, 6.45) is 3.68. The van der Waals surface area contributed by atoms with Crippen LogP contribution >= 0.6 is 0 Å². The average molecular weight is 2090 g/mol. The number of hydrogen-bond donors (Lipinski definition) is 2. The molecule has 6 aromatic heterocycles. The van der Waals surface area contributed by atoms with E-state index in [1.165, 1.54) is 11.1 Å². The van der Waals surface area contributed by atoms with E-state index in [1.807, 2.05) is 18.5 Å². The maximum absolute atomic E-state index is 12.6. The minimum Gasteiger partial charge on any atom is -0.507 e. The van der Waals surface area contributed by atoms with Gasteiger partial charge in [-0.3, -0.25) is 19.1 Å². The summed E-state index contributed by atoms with van der Waals surface area (Å²) in [5.74, 6) is 1.85. The van der Waals surface area contributed by atoms with Gasteiger partial charge in [-0.25, -0.2) is 9.97 Å². The molecule has 2 N–H and O–H groups in total. The number of nitrogens with zero attached hydrogens (tertiary/aromatic N) is 6. The first-order chi connectivity index (χ1) is 61.7. The number of fused-ring (bicyclic) bond motifs is 12. The van der Waals surface area contributed by atoms with Gasteiger partial charge in [-0.05, 0) is 143 Å². The monoisotopic (exact) mass is 2090 g/mol. The van der Waals surface area contributed by atoms with Crippen LogP contribution in [0.2, 0.25) is 0 Å². The van der Waals surface area contributed by atoms with Gasteiger partial charge in [0.2, 0.25) is 0 Å². The van der Waals surface area contributed by atoms with E-state index in [4.69, 9.17) is 28.8 Å².